The van der Waals surface area contributed by atoms with Crippen LogP contribution in [0, 0.1) is 0 Å². The molecular formula is C19H36BrN3O. The fourth-order valence-electron chi connectivity index (χ4n) is 2.55. The van der Waals surface area contributed by atoms with Gasteiger partial charge >= 0.3 is 5.96 Å². The molecule has 0 heterocycles. The minimum absolute atomic E-state index is 0. The Morgan fingerprint density at radius 3 is 1.38 bits per heavy atom. The van der Waals surface area contributed by atoms with Crippen LogP contribution in [-0.4, -0.2) is 64.7 Å². The van der Waals surface area contributed by atoms with Gasteiger partial charge in [0.05, 0.1) is 39.3 Å². The summed E-state index contributed by atoms with van der Waals surface area (Å²) in [6, 6.07) is 8.71. The number of phenolic OH excluding ortho intramolecular Hbond substituents is 1. The highest BCUT2D eigenvalue weighted by molar-refractivity contribution is 5.75. The van der Waals surface area contributed by atoms with E-state index in [2.05, 4.69) is 55.9 Å². The van der Waals surface area contributed by atoms with Crippen LogP contribution < -0.4 is 17.0 Å². The van der Waals surface area contributed by atoms with Crippen molar-refractivity contribution in [1.82, 2.24) is 9.80 Å². The second-order valence-corrected chi connectivity index (χ2v) is 5.15. The van der Waals surface area contributed by atoms with Crippen LogP contribution in [-0.2, 0) is 0 Å². The first-order valence-corrected chi connectivity index (χ1v) is 8.95. The summed E-state index contributed by atoms with van der Waals surface area (Å²) in [5.41, 5.74) is 0. The Hall–Kier alpha value is -1.23. The Balaban J connectivity index is 0. The van der Waals surface area contributed by atoms with Crippen molar-refractivity contribution in [2.24, 2.45) is 0 Å². The van der Waals surface area contributed by atoms with Crippen LogP contribution in [0.3, 0.4) is 0 Å². The first-order valence-electron chi connectivity index (χ1n) is 8.95. The van der Waals surface area contributed by atoms with Gasteiger partial charge in [0, 0.05) is 0 Å². The second kappa shape index (κ2) is 15.3. The highest BCUT2D eigenvalue weighted by Gasteiger charge is 2.24. The largest absolute Gasteiger partial charge is 1.00 e. The van der Waals surface area contributed by atoms with Gasteiger partial charge in [0.2, 0.25) is 0 Å². The average molecular weight is 402 g/mol. The molecular weight excluding hydrogens is 366 g/mol. The summed E-state index contributed by atoms with van der Waals surface area (Å²) in [4.78, 5) is 4.92. The van der Waals surface area contributed by atoms with E-state index in [0.717, 1.165) is 39.3 Å². The smallest absolute Gasteiger partial charge is 0.350 e. The molecule has 0 aromatic heterocycles. The third-order valence-corrected chi connectivity index (χ3v) is 3.90. The van der Waals surface area contributed by atoms with Crippen molar-refractivity contribution in [3.63, 3.8) is 0 Å². The molecule has 0 amide bonds. The number of phenols is 1. The van der Waals surface area contributed by atoms with Crippen LogP contribution in [0.15, 0.2) is 30.3 Å². The number of para-hydroxylation sites is 1. The predicted octanol–water partition coefficient (Wildman–Crippen LogP) is 0.475. The van der Waals surface area contributed by atoms with Crippen LogP contribution in [0.1, 0.15) is 41.5 Å². The summed E-state index contributed by atoms with van der Waals surface area (Å²) in [5.74, 6) is 1.72. The maximum Gasteiger partial charge on any atom is 0.350 e. The van der Waals surface area contributed by atoms with Gasteiger partial charge in [0.15, 0.2) is 0 Å². The molecule has 0 bridgehead atoms. The van der Waals surface area contributed by atoms with Crippen LogP contribution in [0.4, 0.5) is 0 Å². The van der Waals surface area contributed by atoms with Gasteiger partial charge in [-0.25, -0.2) is 0 Å². The van der Waals surface area contributed by atoms with Crippen LogP contribution in [0.25, 0.3) is 0 Å². The van der Waals surface area contributed by atoms with Crippen molar-refractivity contribution < 1.29 is 26.7 Å². The third-order valence-electron chi connectivity index (χ3n) is 3.90. The van der Waals surface area contributed by atoms with E-state index in [1.165, 1.54) is 5.96 Å². The molecule has 4 nitrogen and oxygen atoms in total. The van der Waals surface area contributed by atoms with E-state index >= 15 is 0 Å². The number of rotatable bonds is 6. The van der Waals surface area contributed by atoms with E-state index in [0.29, 0.717) is 5.75 Å². The van der Waals surface area contributed by atoms with E-state index in [4.69, 9.17) is 5.11 Å². The lowest BCUT2D eigenvalue weighted by Crippen LogP contribution is -3.00. The van der Waals surface area contributed by atoms with E-state index in [1.807, 2.05) is 6.07 Å². The Bertz CT molecular complexity index is 409. The van der Waals surface area contributed by atoms with Crippen LogP contribution in [0.5, 0.6) is 5.75 Å². The van der Waals surface area contributed by atoms with E-state index in [9.17, 15) is 0 Å². The topological polar surface area (TPSA) is 29.7 Å². The molecule has 1 N–H and O–H groups in total. The summed E-state index contributed by atoms with van der Waals surface area (Å²) < 4.78 is 2.46. The fourth-order valence-corrected chi connectivity index (χ4v) is 2.55. The maximum atomic E-state index is 8.63. The zero-order chi connectivity index (χ0) is 17.7. The fraction of sp³-hybridized carbons (Fsp3) is 0.632. The number of hydrogen-bond donors (Lipinski definition) is 1. The molecule has 0 aliphatic heterocycles. The number of hydrogen-bond acceptors (Lipinski definition) is 1. The monoisotopic (exact) mass is 401 g/mol. The second-order valence-electron chi connectivity index (χ2n) is 5.15. The zero-order valence-corrected chi connectivity index (χ0v) is 17.9. The number of aromatic hydroxyl groups is 1. The molecule has 0 unspecified atom stereocenters. The summed E-state index contributed by atoms with van der Waals surface area (Å²) in [7, 11) is 0. The Labute approximate surface area is 159 Å². The number of benzene rings is 1. The average Bonchev–Trinajstić information content (AvgIpc) is 2.59. The van der Waals surface area contributed by atoms with Gasteiger partial charge in [-0.3, -0.25) is 14.4 Å². The van der Waals surface area contributed by atoms with Crippen LogP contribution in [0.2, 0.25) is 0 Å². The van der Waals surface area contributed by atoms with Crippen molar-refractivity contribution in [2.75, 3.05) is 39.3 Å². The molecule has 0 radical (unpaired) electrons. The molecule has 0 fully saturated rings. The molecule has 0 saturated carbocycles. The summed E-state index contributed by atoms with van der Waals surface area (Å²) in [5, 5.41) is 8.63. The van der Waals surface area contributed by atoms with E-state index in [-0.39, 0.29) is 17.0 Å². The third kappa shape index (κ3) is 8.57. The molecule has 24 heavy (non-hydrogen) atoms. The molecule has 0 aliphatic rings. The highest BCUT2D eigenvalue weighted by Crippen LogP contribution is 2.03. The van der Waals surface area contributed by atoms with Crippen molar-refractivity contribution in [1.29, 1.82) is 0 Å². The van der Waals surface area contributed by atoms with Crippen molar-refractivity contribution in [3.05, 3.63) is 30.3 Å². The summed E-state index contributed by atoms with van der Waals surface area (Å²) >= 11 is 0. The Morgan fingerprint density at radius 1 is 0.792 bits per heavy atom. The first kappa shape index (κ1) is 25.0. The normalized spacial score (nSPS) is 9.25. The highest BCUT2D eigenvalue weighted by atomic mass is 79.9. The number of guanidine groups is 1. The van der Waals surface area contributed by atoms with Gasteiger partial charge in [-0.05, 0) is 53.7 Å². The Kier molecular flexibility index (Phi) is 16.0. The molecule has 0 saturated heterocycles. The lowest BCUT2D eigenvalue weighted by molar-refractivity contribution is -0.531. The first-order chi connectivity index (χ1) is 11.1. The van der Waals surface area contributed by atoms with Gasteiger partial charge in [-0.15, -0.1) is 0 Å². The van der Waals surface area contributed by atoms with Crippen molar-refractivity contribution in [2.45, 2.75) is 41.5 Å². The standard InChI is InChI=1S/C13H30N3.C6H6O.BrH/c1-7-14(8-2)13(15(9-3)10-4)16(11-5)12-6;7-6-4-2-1-3-5-6;/h7-12H2,1-6H3;1-5,7H;1H/q+1;;/p-1. The lowest BCUT2D eigenvalue weighted by Gasteiger charge is -2.27. The molecule has 1 aromatic rings. The quantitative estimate of drug-likeness (QED) is 0.427. The van der Waals surface area contributed by atoms with Gasteiger partial charge in [-0.1, -0.05) is 18.2 Å². The number of halogens is 1. The van der Waals surface area contributed by atoms with E-state index in [1.54, 1.807) is 24.3 Å². The lowest BCUT2D eigenvalue weighted by atomic mass is 10.3. The van der Waals surface area contributed by atoms with Gasteiger partial charge in [0.25, 0.3) is 0 Å². The molecule has 0 atom stereocenters. The van der Waals surface area contributed by atoms with E-state index < -0.39 is 0 Å². The Morgan fingerprint density at radius 2 is 1.17 bits per heavy atom. The zero-order valence-electron chi connectivity index (χ0n) is 16.3. The van der Waals surface area contributed by atoms with Crippen LogP contribution >= 0.6 is 0 Å². The SMILES string of the molecule is CCN(CC)C(N(CC)CC)=[N+](CC)CC.Oc1ccccc1.[Br-]. The molecule has 0 aliphatic carbocycles. The van der Waals surface area contributed by atoms with Crippen molar-refractivity contribution in [3.8, 4) is 5.75 Å². The summed E-state index contributed by atoms with van der Waals surface area (Å²) in [6.45, 7) is 19.9. The van der Waals surface area contributed by atoms with Gasteiger partial charge < -0.3 is 22.1 Å². The van der Waals surface area contributed by atoms with Crippen molar-refractivity contribution >= 4 is 5.96 Å². The number of nitrogens with zero attached hydrogens (tertiary/aromatic N) is 3. The summed E-state index contributed by atoms with van der Waals surface area (Å²) in [6.07, 6.45) is 0. The molecule has 0 spiro atoms. The maximum absolute atomic E-state index is 8.63. The minimum atomic E-state index is 0. The molecule has 1 aromatic carbocycles. The predicted molar refractivity (Wildman–Crippen MR) is 100 cm³/mol. The minimum Gasteiger partial charge on any atom is -1.00 e. The molecule has 1 rings (SSSR count). The molecule has 140 valence electrons. The van der Waals surface area contributed by atoms with Gasteiger partial charge in [0.1, 0.15) is 5.75 Å². The van der Waals surface area contributed by atoms with Gasteiger partial charge in [-0.2, -0.15) is 0 Å². The molecule has 5 heteroatoms.